The molecule has 546 valence electrons. The van der Waals surface area contributed by atoms with Crippen molar-refractivity contribution in [1.29, 1.82) is 0 Å². The van der Waals surface area contributed by atoms with E-state index < -0.39 is 97.5 Å². The van der Waals surface area contributed by atoms with Gasteiger partial charge in [-0.25, -0.2) is 9.13 Å². The third-order valence-electron chi connectivity index (χ3n) is 14.2. The fourth-order valence-corrected chi connectivity index (χ4v) is 10.4. The summed E-state index contributed by atoms with van der Waals surface area (Å²) in [6.07, 6.45) is 75.8. The van der Waals surface area contributed by atoms with Crippen LogP contribution in [0.1, 0.15) is 259 Å². The molecule has 96 heavy (non-hydrogen) atoms. The lowest BCUT2D eigenvalue weighted by Gasteiger charge is -2.21. The summed E-state index contributed by atoms with van der Waals surface area (Å²) < 4.78 is 68.2. The summed E-state index contributed by atoms with van der Waals surface area (Å²) in [4.78, 5) is 72.7. The van der Waals surface area contributed by atoms with Gasteiger partial charge in [-0.05, 0) is 154 Å². The van der Waals surface area contributed by atoms with Crippen LogP contribution in [-0.4, -0.2) is 96.7 Å². The monoisotopic (exact) mass is 1380 g/mol. The van der Waals surface area contributed by atoms with Gasteiger partial charge in [0.2, 0.25) is 0 Å². The number of hydrogen-bond acceptors (Lipinski definition) is 15. The van der Waals surface area contributed by atoms with Crippen molar-refractivity contribution in [1.82, 2.24) is 0 Å². The standard InChI is InChI=1S/C77H126O17P2/c1-5-9-13-17-21-25-29-33-35-39-42-46-50-54-58-62-75(80)88-68-73(94-77(82)64-60-56-52-48-44-40-36-34-30-26-22-18-14-10-6-2)70-92-96(85,86)90-66-71(78)65-89-95(83,84)91-69-72(93-76(81)63-59-55-51-47-43-38-32-28-24-20-16-12-8-4)67-87-74(79)61-57-53-49-45-41-37-31-27-23-19-15-11-7-3/h9-10,13-16,19-22,25-28,31-36,42,44,46,48,71-73,78H,5-8,11-12,17-18,23-24,29-30,37-41,43,45,47,49-70H2,1-4H3,(H,83,84)(H,85,86)/b13-9-,14-10-,19-15-,20-16-,25-21-,26-22-,31-27-,32-28-,35-33-,36-34-,46-42-,48-44-. The highest BCUT2D eigenvalue weighted by Gasteiger charge is 2.30. The SMILES string of the molecule is CC/C=C\C/C=C\C/C=C\C/C=C\CCCCC(=O)OCC(COP(=O)(O)OCC(O)COP(=O)(O)OCC(COC(=O)CCCCCCC/C=C\C/C=C\CCC)OC(=O)CCCCCCC/C=C\C/C=C\CCC)OC(=O)CCCC/C=C\C/C=C\C/C=C\C/C=C\CC. The third-order valence-corrected chi connectivity index (χ3v) is 16.1. The second-order valence-corrected chi connectivity index (χ2v) is 26.3. The maximum atomic E-state index is 13.0. The lowest BCUT2D eigenvalue weighted by molar-refractivity contribution is -0.161. The molecule has 0 spiro atoms. The van der Waals surface area contributed by atoms with Gasteiger partial charge in [-0.2, -0.15) is 0 Å². The number of aliphatic hydroxyl groups excluding tert-OH is 1. The van der Waals surface area contributed by atoms with E-state index in [1.807, 2.05) is 0 Å². The number of ether oxygens (including phenoxy) is 4. The molecule has 0 saturated carbocycles. The third kappa shape index (κ3) is 67.5. The molecule has 0 aromatic heterocycles. The summed E-state index contributed by atoms with van der Waals surface area (Å²) in [6, 6.07) is 0. The molecule has 0 heterocycles. The molecule has 5 atom stereocenters. The molecule has 0 rings (SSSR count). The minimum absolute atomic E-state index is 0.0283. The lowest BCUT2D eigenvalue weighted by atomic mass is 10.1. The first-order valence-corrected chi connectivity index (χ1v) is 39.1. The summed E-state index contributed by atoms with van der Waals surface area (Å²) in [6.45, 7) is 4.34. The smallest absolute Gasteiger partial charge is 0.462 e. The fraction of sp³-hybridized carbons (Fsp3) is 0.636. The molecule has 17 nitrogen and oxygen atoms in total. The molecule has 3 N–H and O–H groups in total. The van der Waals surface area contributed by atoms with E-state index >= 15 is 0 Å². The Hall–Kier alpha value is -5.06. The van der Waals surface area contributed by atoms with Crippen LogP contribution in [0.5, 0.6) is 0 Å². The Morgan fingerprint density at radius 3 is 0.854 bits per heavy atom. The minimum atomic E-state index is -5.00. The van der Waals surface area contributed by atoms with Gasteiger partial charge in [-0.3, -0.25) is 37.3 Å². The van der Waals surface area contributed by atoms with Gasteiger partial charge >= 0.3 is 39.5 Å². The molecule has 0 aliphatic carbocycles. The van der Waals surface area contributed by atoms with E-state index in [4.69, 9.17) is 37.0 Å². The topological polar surface area (TPSA) is 237 Å². The number of phosphoric ester groups is 2. The number of rotatable bonds is 66. The van der Waals surface area contributed by atoms with Crippen LogP contribution in [0.15, 0.2) is 146 Å². The van der Waals surface area contributed by atoms with Crippen LogP contribution in [0.2, 0.25) is 0 Å². The van der Waals surface area contributed by atoms with Gasteiger partial charge in [-0.15, -0.1) is 0 Å². The summed E-state index contributed by atoms with van der Waals surface area (Å²) in [5.41, 5.74) is 0. The van der Waals surface area contributed by atoms with E-state index in [1.54, 1.807) is 0 Å². The van der Waals surface area contributed by atoms with E-state index in [0.717, 1.165) is 173 Å². The van der Waals surface area contributed by atoms with Crippen molar-refractivity contribution in [2.24, 2.45) is 0 Å². The van der Waals surface area contributed by atoms with Crippen molar-refractivity contribution < 1.29 is 80.2 Å². The van der Waals surface area contributed by atoms with E-state index in [9.17, 15) is 43.2 Å². The van der Waals surface area contributed by atoms with Crippen molar-refractivity contribution in [2.75, 3.05) is 39.6 Å². The molecule has 0 radical (unpaired) electrons. The Bertz CT molecular complexity index is 2400. The lowest BCUT2D eigenvalue weighted by Crippen LogP contribution is -2.30. The largest absolute Gasteiger partial charge is 0.472 e. The van der Waals surface area contributed by atoms with Gasteiger partial charge in [0, 0.05) is 25.7 Å². The van der Waals surface area contributed by atoms with Crippen molar-refractivity contribution in [3.05, 3.63) is 146 Å². The molecular formula is C77H126O17P2. The number of carbonyl (C=O) groups is 4. The Morgan fingerprint density at radius 1 is 0.302 bits per heavy atom. The first-order chi connectivity index (χ1) is 46.7. The summed E-state index contributed by atoms with van der Waals surface area (Å²) in [7, 11) is -9.98. The zero-order chi connectivity index (χ0) is 70.4. The van der Waals surface area contributed by atoms with Gasteiger partial charge in [-0.1, -0.05) is 225 Å². The average Bonchev–Trinajstić information content (AvgIpc) is 1.36. The Kier molecular flexibility index (Phi) is 64.9. The normalized spacial score (nSPS) is 14.9. The van der Waals surface area contributed by atoms with Crippen LogP contribution in [0.25, 0.3) is 0 Å². The van der Waals surface area contributed by atoms with Crippen LogP contribution in [0, 0.1) is 0 Å². The molecule has 0 fully saturated rings. The summed E-state index contributed by atoms with van der Waals surface area (Å²) in [5.74, 6) is -2.32. The highest BCUT2D eigenvalue weighted by molar-refractivity contribution is 7.47. The summed E-state index contributed by atoms with van der Waals surface area (Å²) >= 11 is 0. The number of aliphatic hydroxyl groups is 1. The van der Waals surface area contributed by atoms with Crippen LogP contribution in [0.4, 0.5) is 0 Å². The highest BCUT2D eigenvalue weighted by atomic mass is 31.2. The Balaban J connectivity index is 5.45. The number of esters is 4. The Labute approximate surface area is 579 Å². The molecule has 0 aliphatic heterocycles. The highest BCUT2D eigenvalue weighted by Crippen LogP contribution is 2.45. The fourth-order valence-electron chi connectivity index (χ4n) is 8.80. The second kappa shape index (κ2) is 68.5. The predicted octanol–water partition coefficient (Wildman–Crippen LogP) is 20.3. The minimum Gasteiger partial charge on any atom is -0.462 e. The van der Waals surface area contributed by atoms with Crippen LogP contribution < -0.4 is 0 Å². The van der Waals surface area contributed by atoms with E-state index in [-0.39, 0.29) is 25.7 Å². The van der Waals surface area contributed by atoms with Crippen molar-refractivity contribution in [3.63, 3.8) is 0 Å². The van der Waals surface area contributed by atoms with Gasteiger partial charge in [0.1, 0.15) is 19.3 Å². The van der Waals surface area contributed by atoms with Crippen LogP contribution in [-0.2, 0) is 65.4 Å². The maximum Gasteiger partial charge on any atom is 0.472 e. The molecule has 0 aliphatic rings. The van der Waals surface area contributed by atoms with Gasteiger partial charge in [0.15, 0.2) is 12.2 Å². The average molecular weight is 1390 g/mol. The van der Waals surface area contributed by atoms with Gasteiger partial charge < -0.3 is 33.8 Å². The van der Waals surface area contributed by atoms with E-state index in [1.165, 1.54) is 0 Å². The first-order valence-electron chi connectivity index (χ1n) is 36.1. The molecule has 0 amide bonds. The molecule has 5 unspecified atom stereocenters. The van der Waals surface area contributed by atoms with Crippen molar-refractivity contribution in [2.45, 2.75) is 277 Å². The van der Waals surface area contributed by atoms with E-state index in [2.05, 4.69) is 174 Å². The zero-order valence-corrected chi connectivity index (χ0v) is 61.0. The summed E-state index contributed by atoms with van der Waals surface area (Å²) in [5, 5.41) is 10.6. The number of allylic oxidation sites excluding steroid dienone is 24. The predicted molar refractivity (Wildman–Crippen MR) is 390 cm³/mol. The number of carbonyl (C=O) groups excluding carboxylic acids is 4. The molecule has 0 aromatic carbocycles. The van der Waals surface area contributed by atoms with Crippen LogP contribution in [0.3, 0.4) is 0 Å². The van der Waals surface area contributed by atoms with Gasteiger partial charge in [0.25, 0.3) is 0 Å². The van der Waals surface area contributed by atoms with E-state index in [0.29, 0.717) is 32.1 Å². The Morgan fingerprint density at radius 2 is 0.542 bits per heavy atom. The maximum absolute atomic E-state index is 13.0. The quantitative estimate of drug-likeness (QED) is 0.0169. The molecular weight excluding hydrogens is 1260 g/mol. The first kappa shape index (κ1) is 90.9. The molecule has 19 heteroatoms. The number of unbranched alkanes of at least 4 members (excludes halogenated alkanes) is 16. The van der Waals surface area contributed by atoms with Crippen molar-refractivity contribution >= 4 is 39.5 Å². The zero-order valence-electron chi connectivity index (χ0n) is 59.2. The molecule has 0 aromatic rings. The number of phosphoric acid groups is 2. The van der Waals surface area contributed by atoms with Gasteiger partial charge in [0.05, 0.1) is 26.4 Å². The van der Waals surface area contributed by atoms with Crippen LogP contribution >= 0.6 is 15.6 Å². The number of hydrogen-bond donors (Lipinski definition) is 3. The molecule has 0 bridgehead atoms. The molecule has 0 saturated heterocycles. The second-order valence-electron chi connectivity index (χ2n) is 23.4. The van der Waals surface area contributed by atoms with Crippen molar-refractivity contribution in [3.8, 4) is 0 Å².